The summed E-state index contributed by atoms with van der Waals surface area (Å²) < 4.78 is 33.4. The Hall–Kier alpha value is -0.870. The van der Waals surface area contributed by atoms with Crippen molar-refractivity contribution >= 4 is 11.8 Å². The molecule has 0 fully saturated rings. The lowest BCUT2D eigenvalue weighted by Gasteiger charge is -1.90. The van der Waals surface area contributed by atoms with Crippen molar-refractivity contribution in [3.63, 3.8) is 0 Å². The molecule has 0 aliphatic heterocycles. The molecule has 5 heteroatoms. The van der Waals surface area contributed by atoms with Gasteiger partial charge in [0.1, 0.15) is 6.42 Å². The number of ketones is 1. The summed E-state index contributed by atoms with van der Waals surface area (Å²) in [6, 6.07) is -2.03. The lowest BCUT2D eigenvalue weighted by atomic mass is 10.3. The third-order valence-electron chi connectivity index (χ3n) is 0.557. The molecule has 0 rings (SSSR count). The number of carbonyl (C=O) groups excluding carboxylic acids is 2. The molecule has 0 amide bonds. The van der Waals surface area contributed by atoms with Crippen molar-refractivity contribution in [3.8, 4) is 0 Å². The molecule has 0 saturated heterocycles. The Balaban J connectivity index is 3.64. The van der Waals surface area contributed by atoms with Crippen LogP contribution < -0.4 is 0 Å². The van der Waals surface area contributed by atoms with Crippen LogP contribution in [0.1, 0.15) is 6.42 Å². The van der Waals surface area contributed by atoms with Crippen LogP contribution in [-0.2, 0) is 9.59 Å². The summed E-state index contributed by atoms with van der Waals surface area (Å²) in [5, 5.41) is 0. The second-order valence-electron chi connectivity index (χ2n) is 1.30. The van der Waals surface area contributed by atoms with E-state index >= 15 is 0 Å². The smallest absolute Gasteiger partial charge is 0.293 e. The minimum atomic E-state index is -3.25. The quantitative estimate of drug-likeness (QED) is 0.427. The predicted octanol–water partition coefficient (Wildman–Crippen LogP) is 0.707. The molecule has 0 aliphatic rings. The minimum Gasteiger partial charge on any atom is -0.293 e. The summed E-state index contributed by atoms with van der Waals surface area (Å²) in [5.41, 5.74) is 0. The fourth-order valence-corrected chi connectivity index (χ4v) is 0.214. The summed E-state index contributed by atoms with van der Waals surface area (Å²) in [6.45, 7) is 0. The van der Waals surface area contributed by atoms with E-state index < -0.39 is 24.7 Å². The van der Waals surface area contributed by atoms with Crippen LogP contribution in [0.5, 0.6) is 0 Å². The van der Waals surface area contributed by atoms with E-state index in [1.54, 1.807) is 0 Å². The highest BCUT2D eigenvalue weighted by Gasteiger charge is 2.18. The molecule has 0 N–H and O–H groups in total. The summed E-state index contributed by atoms with van der Waals surface area (Å²) in [6.07, 6.45) is -4.57. The van der Waals surface area contributed by atoms with Crippen LogP contribution in [0.25, 0.3) is 0 Å². The normalized spacial score (nSPS) is 9.78. The van der Waals surface area contributed by atoms with Gasteiger partial charge < -0.3 is 0 Å². The number of carbonyl (C=O) groups is 2. The number of hydrogen-bond acceptors (Lipinski definition) is 2. The molecule has 0 aliphatic carbocycles. The Morgan fingerprint density at radius 1 is 1.33 bits per heavy atom. The molecule has 52 valence electrons. The molecule has 0 spiro atoms. The van der Waals surface area contributed by atoms with Gasteiger partial charge in [-0.3, -0.25) is 9.59 Å². The topological polar surface area (TPSA) is 34.1 Å². The van der Waals surface area contributed by atoms with Crippen LogP contribution in [0.3, 0.4) is 0 Å². The van der Waals surface area contributed by atoms with Gasteiger partial charge in [-0.25, -0.2) is 8.78 Å². The molecular formula is C4H3F3O2. The molecule has 0 heterocycles. The maximum Gasteiger partial charge on any atom is 0.309 e. The standard InChI is InChI=1S/C4H3F3O2/c5-3(9)1-2(8)4(6)7/h4H,1H2. The van der Waals surface area contributed by atoms with Gasteiger partial charge in [0.05, 0.1) is 0 Å². The van der Waals surface area contributed by atoms with Gasteiger partial charge >= 0.3 is 6.04 Å². The largest absolute Gasteiger partial charge is 0.309 e. The molecule has 0 saturated carbocycles. The van der Waals surface area contributed by atoms with Crippen molar-refractivity contribution in [1.82, 2.24) is 0 Å². The summed E-state index contributed by atoms with van der Waals surface area (Å²) in [4.78, 5) is 19.1. The number of hydrogen-bond donors (Lipinski definition) is 0. The fourth-order valence-electron chi connectivity index (χ4n) is 0.214. The van der Waals surface area contributed by atoms with E-state index in [-0.39, 0.29) is 0 Å². The Morgan fingerprint density at radius 2 is 1.78 bits per heavy atom. The molecule has 0 radical (unpaired) electrons. The van der Waals surface area contributed by atoms with Crippen molar-refractivity contribution in [1.29, 1.82) is 0 Å². The zero-order chi connectivity index (χ0) is 7.44. The maximum atomic E-state index is 11.1. The van der Waals surface area contributed by atoms with Gasteiger partial charge in [-0.15, -0.1) is 0 Å². The average Bonchev–Trinajstić information content (AvgIpc) is 1.63. The second kappa shape index (κ2) is 3.21. The summed E-state index contributed by atoms with van der Waals surface area (Å²) >= 11 is 0. The van der Waals surface area contributed by atoms with E-state index in [1.807, 2.05) is 0 Å². The molecule has 0 atom stereocenters. The number of rotatable bonds is 3. The van der Waals surface area contributed by atoms with E-state index in [0.717, 1.165) is 0 Å². The van der Waals surface area contributed by atoms with Crippen molar-refractivity contribution < 1.29 is 22.8 Å². The van der Waals surface area contributed by atoms with Gasteiger partial charge in [-0.2, -0.15) is 4.39 Å². The van der Waals surface area contributed by atoms with E-state index in [4.69, 9.17) is 0 Å². The highest BCUT2D eigenvalue weighted by atomic mass is 19.3. The third-order valence-corrected chi connectivity index (χ3v) is 0.557. The Morgan fingerprint density at radius 3 is 1.89 bits per heavy atom. The minimum absolute atomic E-state index is 1.32. The average molecular weight is 140 g/mol. The molecule has 0 aromatic heterocycles. The first-order chi connectivity index (χ1) is 4.04. The van der Waals surface area contributed by atoms with Crippen LogP contribution in [0.4, 0.5) is 13.2 Å². The summed E-state index contributed by atoms with van der Waals surface area (Å²) in [7, 11) is 0. The maximum absolute atomic E-state index is 11.1. The SMILES string of the molecule is O=C(F)CC(=O)C(F)F. The molecule has 0 aromatic rings. The molecule has 0 aromatic carbocycles. The lowest BCUT2D eigenvalue weighted by Crippen LogP contribution is -2.12. The van der Waals surface area contributed by atoms with E-state index in [0.29, 0.717) is 0 Å². The van der Waals surface area contributed by atoms with Crippen molar-refractivity contribution in [2.45, 2.75) is 12.8 Å². The Labute approximate surface area is 48.7 Å². The van der Waals surface area contributed by atoms with Gasteiger partial charge in [0.15, 0.2) is 0 Å². The molecule has 2 nitrogen and oxygen atoms in total. The van der Waals surface area contributed by atoms with Gasteiger partial charge in [0.25, 0.3) is 6.43 Å². The number of halogens is 3. The number of Topliss-reactive ketones (excluding diaryl/α,β-unsaturated/α-hetero) is 1. The van der Waals surface area contributed by atoms with Gasteiger partial charge in [-0.05, 0) is 0 Å². The van der Waals surface area contributed by atoms with E-state index in [9.17, 15) is 22.8 Å². The Kier molecular flexibility index (Phi) is 2.90. The summed E-state index contributed by atoms with van der Waals surface area (Å²) in [5.74, 6) is -1.68. The molecule has 0 bridgehead atoms. The molecule has 9 heavy (non-hydrogen) atoms. The van der Waals surface area contributed by atoms with Gasteiger partial charge in [-0.1, -0.05) is 0 Å². The predicted molar refractivity (Wildman–Crippen MR) is 21.7 cm³/mol. The van der Waals surface area contributed by atoms with Crippen LogP contribution >= 0.6 is 0 Å². The highest BCUT2D eigenvalue weighted by Crippen LogP contribution is 1.98. The monoisotopic (exact) mass is 140 g/mol. The van der Waals surface area contributed by atoms with E-state index in [2.05, 4.69) is 0 Å². The first-order valence-electron chi connectivity index (χ1n) is 2.03. The number of alkyl halides is 2. The highest BCUT2D eigenvalue weighted by molar-refractivity contribution is 5.96. The third kappa shape index (κ3) is 3.69. The van der Waals surface area contributed by atoms with Gasteiger partial charge in [0, 0.05) is 0 Å². The van der Waals surface area contributed by atoms with Gasteiger partial charge in [0.2, 0.25) is 5.78 Å². The second-order valence-corrected chi connectivity index (χ2v) is 1.30. The zero-order valence-electron chi connectivity index (χ0n) is 4.23. The van der Waals surface area contributed by atoms with Crippen LogP contribution in [0.2, 0.25) is 0 Å². The lowest BCUT2D eigenvalue weighted by molar-refractivity contribution is -0.138. The zero-order valence-corrected chi connectivity index (χ0v) is 4.23. The Bertz CT molecular complexity index is 132. The van der Waals surface area contributed by atoms with Crippen molar-refractivity contribution in [2.24, 2.45) is 0 Å². The van der Waals surface area contributed by atoms with Crippen LogP contribution in [0.15, 0.2) is 0 Å². The molecule has 0 unspecified atom stereocenters. The van der Waals surface area contributed by atoms with Crippen molar-refractivity contribution in [3.05, 3.63) is 0 Å². The molecular weight excluding hydrogens is 137 g/mol. The first-order valence-corrected chi connectivity index (χ1v) is 2.03. The van der Waals surface area contributed by atoms with Crippen molar-refractivity contribution in [2.75, 3.05) is 0 Å². The van der Waals surface area contributed by atoms with Crippen LogP contribution in [-0.4, -0.2) is 18.2 Å². The fraction of sp³-hybridized carbons (Fsp3) is 0.500. The first kappa shape index (κ1) is 8.13. The van der Waals surface area contributed by atoms with E-state index in [1.165, 1.54) is 0 Å². The van der Waals surface area contributed by atoms with Crippen LogP contribution in [0, 0.1) is 0 Å².